The highest BCUT2D eigenvalue weighted by Gasteiger charge is 2.18. The Labute approximate surface area is 174 Å². The van der Waals surface area contributed by atoms with Crippen LogP contribution in [0.4, 0.5) is 11.5 Å². The summed E-state index contributed by atoms with van der Waals surface area (Å²) in [5.41, 5.74) is 0.443. The van der Waals surface area contributed by atoms with E-state index in [-0.39, 0.29) is 5.69 Å². The molecule has 10 heteroatoms. The molecule has 1 amide bonds. The molecule has 1 N–H and O–H groups in total. The normalized spacial score (nSPS) is 13.0. The van der Waals surface area contributed by atoms with Crippen LogP contribution < -0.4 is 24.4 Å². The topological polar surface area (TPSA) is 112 Å². The van der Waals surface area contributed by atoms with Gasteiger partial charge in [-0.2, -0.15) is 0 Å². The van der Waals surface area contributed by atoms with E-state index in [2.05, 4.69) is 20.4 Å². The first kappa shape index (κ1) is 21.2. The van der Waals surface area contributed by atoms with Crippen molar-refractivity contribution in [1.82, 2.24) is 10.2 Å². The Hall–Kier alpha value is -3.56. The van der Waals surface area contributed by atoms with Gasteiger partial charge in [-0.15, -0.1) is 10.2 Å². The fourth-order valence-corrected chi connectivity index (χ4v) is 3.10. The number of nitrogens with one attached hydrogen (secondary N) is 1. The lowest BCUT2D eigenvalue weighted by molar-refractivity contribution is -0.119. The van der Waals surface area contributed by atoms with E-state index in [0.717, 1.165) is 31.7 Å². The number of esters is 1. The number of ether oxygens (including phenoxy) is 4. The molecule has 0 aliphatic carbocycles. The van der Waals surface area contributed by atoms with Crippen molar-refractivity contribution >= 4 is 23.4 Å². The van der Waals surface area contributed by atoms with Crippen molar-refractivity contribution in [3.8, 4) is 17.2 Å². The maximum Gasteiger partial charge on any atom is 0.359 e. The van der Waals surface area contributed by atoms with E-state index in [9.17, 15) is 9.59 Å². The molecule has 3 rings (SSSR count). The zero-order valence-electron chi connectivity index (χ0n) is 17.1. The number of carbonyl (C=O) groups excluding carboxylic acids is 2. The van der Waals surface area contributed by atoms with Crippen LogP contribution in [0.3, 0.4) is 0 Å². The fraction of sp³-hybridized carbons (Fsp3) is 0.400. The average Bonchev–Trinajstić information content (AvgIpc) is 3.31. The summed E-state index contributed by atoms with van der Waals surface area (Å²) in [6.45, 7) is 1.38. The number of hydrogen-bond donors (Lipinski definition) is 1. The number of carbonyl (C=O) groups is 2. The SMILES string of the molecule is COc1cc(NC(=O)COC(=O)c2ccc(N3CCCC3)nn2)cc(OC)c1OC. The molecule has 2 aromatic rings. The molecule has 1 aliphatic rings. The van der Waals surface area contributed by atoms with Crippen LogP contribution in [0, 0.1) is 0 Å². The van der Waals surface area contributed by atoms with Crippen LogP contribution in [0.25, 0.3) is 0 Å². The van der Waals surface area contributed by atoms with Crippen molar-refractivity contribution in [2.24, 2.45) is 0 Å². The van der Waals surface area contributed by atoms with Crippen LogP contribution in [0.15, 0.2) is 24.3 Å². The highest BCUT2D eigenvalue weighted by Crippen LogP contribution is 2.39. The van der Waals surface area contributed by atoms with Gasteiger partial charge in [-0.3, -0.25) is 4.79 Å². The molecule has 0 bridgehead atoms. The number of rotatable bonds is 8. The number of benzene rings is 1. The van der Waals surface area contributed by atoms with Crippen LogP contribution >= 0.6 is 0 Å². The van der Waals surface area contributed by atoms with Gasteiger partial charge in [0.15, 0.2) is 29.6 Å². The first-order valence-electron chi connectivity index (χ1n) is 9.41. The summed E-state index contributed by atoms with van der Waals surface area (Å²) in [5.74, 6) is 0.648. The lowest BCUT2D eigenvalue weighted by Crippen LogP contribution is -2.22. The van der Waals surface area contributed by atoms with Crippen molar-refractivity contribution in [3.05, 3.63) is 30.0 Å². The minimum atomic E-state index is -0.726. The molecule has 1 aliphatic heterocycles. The van der Waals surface area contributed by atoms with Gasteiger partial charge in [-0.05, 0) is 25.0 Å². The quantitative estimate of drug-likeness (QED) is 0.645. The Kier molecular flexibility index (Phi) is 6.89. The third-order valence-corrected chi connectivity index (χ3v) is 4.57. The monoisotopic (exact) mass is 416 g/mol. The molecule has 0 atom stereocenters. The number of amides is 1. The van der Waals surface area contributed by atoms with Gasteiger partial charge in [0, 0.05) is 30.9 Å². The van der Waals surface area contributed by atoms with Gasteiger partial charge in [-0.1, -0.05) is 0 Å². The number of aromatic nitrogens is 2. The lowest BCUT2D eigenvalue weighted by Gasteiger charge is -2.15. The summed E-state index contributed by atoms with van der Waals surface area (Å²) < 4.78 is 20.8. The summed E-state index contributed by atoms with van der Waals surface area (Å²) >= 11 is 0. The van der Waals surface area contributed by atoms with Crippen molar-refractivity contribution in [2.75, 3.05) is 51.2 Å². The van der Waals surface area contributed by atoms with E-state index in [1.165, 1.54) is 21.3 Å². The van der Waals surface area contributed by atoms with Gasteiger partial charge in [0.25, 0.3) is 5.91 Å². The summed E-state index contributed by atoms with van der Waals surface area (Å²) in [6.07, 6.45) is 2.24. The lowest BCUT2D eigenvalue weighted by atomic mass is 10.2. The largest absolute Gasteiger partial charge is 0.493 e. The van der Waals surface area contributed by atoms with E-state index < -0.39 is 18.5 Å². The van der Waals surface area contributed by atoms with E-state index in [0.29, 0.717) is 22.9 Å². The Bertz CT molecular complexity index is 872. The Morgan fingerprint density at radius 1 is 1.00 bits per heavy atom. The highest BCUT2D eigenvalue weighted by atomic mass is 16.5. The second-order valence-corrected chi connectivity index (χ2v) is 6.51. The summed E-state index contributed by atoms with van der Waals surface area (Å²) in [4.78, 5) is 26.4. The zero-order chi connectivity index (χ0) is 21.5. The molecule has 2 heterocycles. The van der Waals surface area contributed by atoms with Crippen LogP contribution in [-0.4, -0.2) is 63.1 Å². The molecule has 30 heavy (non-hydrogen) atoms. The third-order valence-electron chi connectivity index (χ3n) is 4.57. The molecule has 1 fully saturated rings. The highest BCUT2D eigenvalue weighted by molar-refractivity contribution is 5.95. The summed E-state index contributed by atoms with van der Waals surface area (Å²) in [6, 6.07) is 6.41. The van der Waals surface area contributed by atoms with Gasteiger partial charge in [-0.25, -0.2) is 4.79 Å². The first-order valence-corrected chi connectivity index (χ1v) is 9.41. The fourth-order valence-electron chi connectivity index (χ4n) is 3.10. The van der Waals surface area contributed by atoms with Gasteiger partial charge in [0.1, 0.15) is 0 Å². The van der Waals surface area contributed by atoms with Crippen LogP contribution in [-0.2, 0) is 9.53 Å². The minimum absolute atomic E-state index is 0.0403. The van der Waals surface area contributed by atoms with Crippen molar-refractivity contribution in [1.29, 1.82) is 0 Å². The molecule has 1 aromatic heterocycles. The minimum Gasteiger partial charge on any atom is -0.493 e. The smallest absolute Gasteiger partial charge is 0.359 e. The number of hydrogen-bond acceptors (Lipinski definition) is 9. The van der Waals surface area contributed by atoms with E-state index >= 15 is 0 Å². The molecule has 10 nitrogen and oxygen atoms in total. The Morgan fingerprint density at radius 2 is 1.67 bits per heavy atom. The number of methoxy groups -OCH3 is 3. The van der Waals surface area contributed by atoms with Crippen LogP contribution in [0.2, 0.25) is 0 Å². The maximum atomic E-state index is 12.2. The average molecular weight is 416 g/mol. The Morgan fingerprint density at radius 3 is 2.20 bits per heavy atom. The van der Waals surface area contributed by atoms with E-state index in [1.807, 2.05) is 0 Å². The van der Waals surface area contributed by atoms with Crippen molar-refractivity contribution < 1.29 is 28.5 Å². The first-order chi connectivity index (χ1) is 14.5. The van der Waals surface area contributed by atoms with Gasteiger partial charge < -0.3 is 29.2 Å². The summed E-state index contributed by atoms with van der Waals surface area (Å²) in [5, 5.41) is 10.6. The van der Waals surface area contributed by atoms with Gasteiger partial charge >= 0.3 is 5.97 Å². The van der Waals surface area contributed by atoms with Crippen molar-refractivity contribution in [3.63, 3.8) is 0 Å². The molecule has 1 saturated heterocycles. The van der Waals surface area contributed by atoms with Gasteiger partial charge in [0.05, 0.1) is 21.3 Å². The molecular formula is C20H24N4O6. The number of nitrogens with zero attached hydrogens (tertiary/aromatic N) is 3. The zero-order valence-corrected chi connectivity index (χ0v) is 17.1. The number of anilines is 2. The second-order valence-electron chi connectivity index (χ2n) is 6.51. The molecule has 0 unspecified atom stereocenters. The third kappa shape index (κ3) is 4.88. The second kappa shape index (κ2) is 9.77. The van der Waals surface area contributed by atoms with Crippen LogP contribution in [0.1, 0.15) is 23.3 Å². The van der Waals surface area contributed by atoms with E-state index in [1.54, 1.807) is 24.3 Å². The molecule has 160 valence electrons. The van der Waals surface area contributed by atoms with Crippen molar-refractivity contribution in [2.45, 2.75) is 12.8 Å². The molecule has 0 saturated carbocycles. The summed E-state index contributed by atoms with van der Waals surface area (Å²) in [7, 11) is 4.43. The Balaban J connectivity index is 1.57. The predicted octanol–water partition coefficient (Wildman–Crippen LogP) is 1.90. The van der Waals surface area contributed by atoms with Crippen LogP contribution in [0.5, 0.6) is 17.2 Å². The molecule has 1 aromatic carbocycles. The maximum absolute atomic E-state index is 12.2. The molecular weight excluding hydrogens is 392 g/mol. The molecule has 0 spiro atoms. The van der Waals surface area contributed by atoms with E-state index in [4.69, 9.17) is 18.9 Å². The predicted molar refractivity (Wildman–Crippen MR) is 108 cm³/mol. The molecule has 0 radical (unpaired) electrons. The standard InChI is InChI=1S/C20H24N4O6/c1-27-15-10-13(11-16(28-2)19(15)29-3)21-18(25)12-30-20(26)14-6-7-17(23-22-14)24-8-4-5-9-24/h6-7,10-11H,4-5,8-9,12H2,1-3H3,(H,21,25). The van der Waals surface area contributed by atoms with Gasteiger partial charge in [0.2, 0.25) is 5.75 Å².